The molecular weight excluding hydrogens is 378 g/mol. The maximum atomic E-state index is 12.8. The number of aromatic nitrogens is 2. The first-order chi connectivity index (χ1) is 14.6. The number of nitrogens with zero attached hydrogens (tertiary/aromatic N) is 2. The number of aryl methyl sites for hydroxylation is 1. The van der Waals surface area contributed by atoms with Gasteiger partial charge in [0.05, 0.1) is 0 Å². The third-order valence-electron chi connectivity index (χ3n) is 5.57. The number of benzene rings is 2. The van der Waals surface area contributed by atoms with Crippen LogP contribution in [-0.2, 0) is 10.2 Å². The van der Waals surface area contributed by atoms with E-state index in [0.717, 1.165) is 12.8 Å². The van der Waals surface area contributed by atoms with Crippen molar-refractivity contribution >= 4 is 5.91 Å². The van der Waals surface area contributed by atoms with Crippen molar-refractivity contribution in [1.82, 2.24) is 15.3 Å². The van der Waals surface area contributed by atoms with Crippen LogP contribution in [-0.4, -0.2) is 35.6 Å². The molecule has 0 aliphatic carbocycles. The zero-order valence-corrected chi connectivity index (χ0v) is 17.0. The maximum absolute atomic E-state index is 12.8. The van der Waals surface area contributed by atoms with Gasteiger partial charge in [0.25, 0.3) is 5.91 Å². The number of hydrogen-bond acceptors (Lipinski definition) is 5. The van der Waals surface area contributed by atoms with Gasteiger partial charge >= 0.3 is 6.01 Å². The van der Waals surface area contributed by atoms with Crippen molar-refractivity contribution in [3.05, 3.63) is 83.7 Å². The third-order valence-corrected chi connectivity index (χ3v) is 5.57. The summed E-state index contributed by atoms with van der Waals surface area (Å²) in [5.41, 5.74) is 2.97. The van der Waals surface area contributed by atoms with Gasteiger partial charge in [0, 0.05) is 43.1 Å². The number of hydrogen-bond donors (Lipinski definition) is 1. The standard InChI is InChI=1S/C24H25N3O3/c1-18-3-7-20(8-4-18)24(11-15-29-16-12-24)17-27-22(28)19-5-9-21(10-6-19)30-23-25-13-2-14-26-23/h2-10,13-14H,11-12,15-17H2,1H3,(H,27,28). The molecule has 1 aromatic heterocycles. The van der Waals surface area contributed by atoms with E-state index in [9.17, 15) is 4.79 Å². The summed E-state index contributed by atoms with van der Waals surface area (Å²) in [5.74, 6) is 0.480. The lowest BCUT2D eigenvalue weighted by Gasteiger charge is -2.38. The minimum Gasteiger partial charge on any atom is -0.424 e. The second kappa shape index (κ2) is 9.05. The lowest BCUT2D eigenvalue weighted by Crippen LogP contribution is -2.44. The second-order valence-electron chi connectivity index (χ2n) is 7.60. The van der Waals surface area contributed by atoms with Gasteiger partial charge < -0.3 is 14.8 Å². The summed E-state index contributed by atoms with van der Waals surface area (Å²) in [4.78, 5) is 20.8. The Hall–Kier alpha value is -3.25. The maximum Gasteiger partial charge on any atom is 0.321 e. The predicted octanol–water partition coefficient (Wildman–Crippen LogP) is 4.06. The molecule has 1 N–H and O–H groups in total. The zero-order valence-electron chi connectivity index (χ0n) is 17.0. The van der Waals surface area contributed by atoms with Crippen LogP contribution < -0.4 is 10.1 Å². The number of amides is 1. The van der Waals surface area contributed by atoms with E-state index in [1.807, 2.05) is 0 Å². The molecule has 0 atom stereocenters. The van der Waals surface area contributed by atoms with Gasteiger partial charge in [-0.2, -0.15) is 0 Å². The van der Waals surface area contributed by atoms with Crippen LogP contribution in [0.25, 0.3) is 0 Å². The van der Waals surface area contributed by atoms with Crippen molar-refractivity contribution in [3.8, 4) is 11.8 Å². The Labute approximate surface area is 176 Å². The summed E-state index contributed by atoms with van der Waals surface area (Å²) in [6, 6.07) is 17.6. The van der Waals surface area contributed by atoms with Crippen LogP contribution in [0.5, 0.6) is 11.8 Å². The monoisotopic (exact) mass is 403 g/mol. The highest BCUT2D eigenvalue weighted by Gasteiger charge is 2.34. The molecule has 0 radical (unpaired) electrons. The van der Waals surface area contributed by atoms with Crippen LogP contribution in [0, 0.1) is 6.92 Å². The number of ether oxygens (including phenoxy) is 2. The lowest BCUT2D eigenvalue weighted by molar-refractivity contribution is 0.0487. The topological polar surface area (TPSA) is 73.3 Å². The Bertz CT molecular complexity index is 967. The minimum atomic E-state index is -0.102. The second-order valence-corrected chi connectivity index (χ2v) is 7.60. The molecule has 1 fully saturated rings. The highest BCUT2D eigenvalue weighted by atomic mass is 16.5. The molecule has 0 bridgehead atoms. The summed E-state index contributed by atoms with van der Waals surface area (Å²) in [6.45, 7) is 4.07. The molecule has 0 unspecified atom stereocenters. The van der Waals surface area contributed by atoms with E-state index in [2.05, 4.69) is 46.5 Å². The van der Waals surface area contributed by atoms with Gasteiger partial charge in [0.2, 0.25) is 0 Å². The lowest BCUT2D eigenvalue weighted by atomic mass is 9.74. The van der Waals surface area contributed by atoms with Crippen LogP contribution in [0.3, 0.4) is 0 Å². The van der Waals surface area contributed by atoms with Crippen LogP contribution in [0.15, 0.2) is 67.0 Å². The van der Waals surface area contributed by atoms with Gasteiger partial charge in [-0.25, -0.2) is 9.97 Å². The molecule has 1 aliphatic heterocycles. The summed E-state index contributed by atoms with van der Waals surface area (Å²) >= 11 is 0. The Balaban J connectivity index is 1.42. The average Bonchev–Trinajstić information content (AvgIpc) is 2.80. The van der Waals surface area contributed by atoms with E-state index >= 15 is 0 Å². The Morgan fingerprint density at radius 3 is 2.37 bits per heavy atom. The van der Waals surface area contributed by atoms with Crippen LogP contribution in [0.1, 0.15) is 34.3 Å². The van der Waals surface area contributed by atoms with Gasteiger partial charge in [-0.05, 0) is 55.7 Å². The summed E-state index contributed by atoms with van der Waals surface area (Å²) in [5, 5.41) is 3.13. The fourth-order valence-corrected chi connectivity index (χ4v) is 3.71. The largest absolute Gasteiger partial charge is 0.424 e. The molecule has 2 heterocycles. The van der Waals surface area contributed by atoms with Gasteiger partial charge in [-0.1, -0.05) is 29.8 Å². The molecule has 0 saturated carbocycles. The number of nitrogens with one attached hydrogen (secondary N) is 1. The zero-order chi connectivity index (χ0) is 20.8. The van der Waals surface area contributed by atoms with Crippen molar-refractivity contribution in [2.45, 2.75) is 25.2 Å². The summed E-state index contributed by atoms with van der Waals surface area (Å²) in [6.07, 6.45) is 5.01. The SMILES string of the molecule is Cc1ccc(C2(CNC(=O)c3ccc(Oc4ncccn4)cc3)CCOCC2)cc1. The van der Waals surface area contributed by atoms with E-state index < -0.39 is 0 Å². The molecule has 4 rings (SSSR count). The van der Waals surface area contributed by atoms with Gasteiger partial charge in [-0.15, -0.1) is 0 Å². The smallest absolute Gasteiger partial charge is 0.321 e. The van der Waals surface area contributed by atoms with Crippen molar-refractivity contribution in [1.29, 1.82) is 0 Å². The third kappa shape index (κ3) is 4.66. The predicted molar refractivity (Wildman–Crippen MR) is 114 cm³/mol. The molecule has 1 saturated heterocycles. The van der Waals surface area contributed by atoms with Crippen molar-refractivity contribution < 1.29 is 14.3 Å². The molecule has 2 aromatic carbocycles. The normalized spacial score (nSPS) is 15.4. The molecule has 6 heteroatoms. The molecule has 1 amide bonds. The molecule has 0 spiro atoms. The molecule has 30 heavy (non-hydrogen) atoms. The molecular formula is C24H25N3O3. The Kier molecular flexibility index (Phi) is 6.05. The van der Waals surface area contributed by atoms with E-state index in [4.69, 9.17) is 9.47 Å². The summed E-state index contributed by atoms with van der Waals surface area (Å²) in [7, 11) is 0. The van der Waals surface area contributed by atoms with Gasteiger partial charge in [0.15, 0.2) is 0 Å². The van der Waals surface area contributed by atoms with E-state index in [1.54, 1.807) is 42.7 Å². The van der Waals surface area contributed by atoms with E-state index in [-0.39, 0.29) is 17.3 Å². The number of rotatable bonds is 6. The Morgan fingerprint density at radius 1 is 1.03 bits per heavy atom. The van der Waals surface area contributed by atoms with E-state index in [0.29, 0.717) is 31.1 Å². The van der Waals surface area contributed by atoms with Gasteiger partial charge in [0.1, 0.15) is 5.75 Å². The molecule has 6 nitrogen and oxygen atoms in total. The van der Waals surface area contributed by atoms with Crippen LogP contribution in [0.4, 0.5) is 0 Å². The molecule has 1 aliphatic rings. The molecule has 3 aromatic rings. The van der Waals surface area contributed by atoms with Crippen molar-refractivity contribution in [2.75, 3.05) is 19.8 Å². The van der Waals surface area contributed by atoms with Gasteiger partial charge in [-0.3, -0.25) is 4.79 Å². The van der Waals surface area contributed by atoms with Crippen molar-refractivity contribution in [2.24, 2.45) is 0 Å². The van der Waals surface area contributed by atoms with Crippen LogP contribution >= 0.6 is 0 Å². The summed E-state index contributed by atoms with van der Waals surface area (Å²) < 4.78 is 11.2. The average molecular weight is 403 g/mol. The quantitative estimate of drug-likeness (QED) is 0.672. The fraction of sp³-hybridized carbons (Fsp3) is 0.292. The van der Waals surface area contributed by atoms with Crippen LogP contribution in [0.2, 0.25) is 0 Å². The first-order valence-electron chi connectivity index (χ1n) is 10.1. The number of carbonyl (C=O) groups excluding carboxylic acids is 1. The molecule has 154 valence electrons. The highest BCUT2D eigenvalue weighted by molar-refractivity contribution is 5.94. The Morgan fingerprint density at radius 2 is 1.70 bits per heavy atom. The minimum absolute atomic E-state index is 0.101. The van der Waals surface area contributed by atoms with E-state index in [1.165, 1.54) is 11.1 Å². The number of carbonyl (C=O) groups is 1. The fourth-order valence-electron chi connectivity index (χ4n) is 3.71. The first-order valence-corrected chi connectivity index (χ1v) is 10.1. The first kappa shape index (κ1) is 20.0. The van der Waals surface area contributed by atoms with Crippen molar-refractivity contribution in [3.63, 3.8) is 0 Å². The highest BCUT2D eigenvalue weighted by Crippen LogP contribution is 2.34.